The zero-order chi connectivity index (χ0) is 73.1. The summed E-state index contributed by atoms with van der Waals surface area (Å²) in [6.45, 7) is 17.4. The van der Waals surface area contributed by atoms with Crippen molar-refractivity contribution in [3.05, 3.63) is 429 Å². The van der Waals surface area contributed by atoms with Crippen molar-refractivity contribution in [2.75, 3.05) is 19.6 Å². The first kappa shape index (κ1) is 71.6. The summed E-state index contributed by atoms with van der Waals surface area (Å²) in [5, 5.41) is 0. The number of nitrogens with zero attached hydrogens (tertiary/aromatic N) is 4. The van der Waals surface area contributed by atoms with Crippen LogP contribution >= 0.6 is 0 Å². The molecular formula is C102H92N4. The summed E-state index contributed by atoms with van der Waals surface area (Å²) in [5.74, 6) is 0. The molecule has 0 spiro atoms. The monoisotopic (exact) mass is 1370 g/mol. The molecule has 0 aliphatic carbocycles. The van der Waals surface area contributed by atoms with Gasteiger partial charge in [-0.2, -0.15) is 0 Å². The molecule has 14 aromatic rings. The summed E-state index contributed by atoms with van der Waals surface area (Å²) in [6.07, 6.45) is 19.5. The van der Waals surface area contributed by atoms with Crippen LogP contribution in [0.3, 0.4) is 0 Å². The third-order valence-corrected chi connectivity index (χ3v) is 19.4. The summed E-state index contributed by atoms with van der Waals surface area (Å²) < 4.78 is 0. The Morgan fingerprint density at radius 3 is 0.651 bits per heavy atom. The fraction of sp³-hybridized carbons (Fsp3) is 0.0980. The van der Waals surface area contributed by atoms with Crippen LogP contribution in [0.2, 0.25) is 0 Å². The Kier molecular flexibility index (Phi) is 23.3. The van der Waals surface area contributed by atoms with Gasteiger partial charge in [-0.05, 0) is 242 Å². The largest absolute Gasteiger partial charge is 0.311 e. The van der Waals surface area contributed by atoms with E-state index in [1.54, 1.807) is 0 Å². The fourth-order valence-electron chi connectivity index (χ4n) is 13.5. The molecule has 0 atom stereocenters. The maximum absolute atomic E-state index is 2.38. The van der Waals surface area contributed by atoms with Gasteiger partial charge in [-0.3, -0.25) is 0 Å². The van der Waals surface area contributed by atoms with E-state index in [1.807, 2.05) is 0 Å². The lowest BCUT2D eigenvalue weighted by atomic mass is 10.0. The summed E-state index contributed by atoms with van der Waals surface area (Å²) in [5.41, 5.74) is 33.5. The summed E-state index contributed by atoms with van der Waals surface area (Å²) >= 11 is 0. The Bertz CT molecular complexity index is 4860. The van der Waals surface area contributed by atoms with Crippen molar-refractivity contribution in [2.24, 2.45) is 0 Å². The standard InChI is InChI=1S/C52H48N2.C50H44N2/c1-5-45-17-13-15-39(3)51(45)53(47-19-9-7-10-20-47)49-35-31-43(32-36-49)29-27-41-23-25-42(26-24-41)28-30-44-33-37-50(38-34-44)54(48-21-11-8-12-22-48)52-40(4)16-14-18-46(52)6-2;1-37-9-25-45(26-10-37)51(46-27-11-38(2)12-28-46)49-33-19-41(20-34-49)17-23-43-7-5-6-8-44(43)24-18-42-21-35-50(36-22-42)52(47-29-13-39(3)14-30-47)48-31-15-40(4)16-32-48/h7-38H,5-6H2,1-4H3;5-36H,1-4H3/b29-27+,30-28+;23-17+,24-18+. The second-order valence-electron chi connectivity index (χ2n) is 27.2. The number of hydrogen-bond donors (Lipinski definition) is 0. The van der Waals surface area contributed by atoms with Gasteiger partial charge in [0.1, 0.15) is 0 Å². The van der Waals surface area contributed by atoms with Crippen LogP contribution in [0.4, 0.5) is 68.2 Å². The molecule has 0 radical (unpaired) electrons. The van der Waals surface area contributed by atoms with Crippen molar-refractivity contribution in [1.29, 1.82) is 0 Å². The Hall–Kier alpha value is -12.8. The van der Waals surface area contributed by atoms with E-state index < -0.39 is 0 Å². The molecule has 4 nitrogen and oxygen atoms in total. The van der Waals surface area contributed by atoms with Crippen LogP contribution < -0.4 is 19.6 Å². The van der Waals surface area contributed by atoms with Crippen LogP contribution in [0, 0.1) is 41.5 Å². The SMILES string of the molecule is CCc1cccc(C)c1N(c1ccccc1)c1ccc(/C=C/c2ccc(/C=C/c3ccc(N(c4ccccc4)c4c(C)cccc4CC)cc3)cc2)cc1.Cc1ccc(N(c2ccc(C)cc2)c2ccc(/C=C/c3ccccc3/C=C/c3ccc(N(c4ccc(C)cc4)c4ccc(C)cc4)cc3)cc2)cc1. The van der Waals surface area contributed by atoms with Gasteiger partial charge in [0, 0.05) is 56.9 Å². The van der Waals surface area contributed by atoms with Crippen LogP contribution in [0.15, 0.2) is 340 Å². The molecule has 0 aliphatic heterocycles. The first-order valence-electron chi connectivity index (χ1n) is 37.0. The maximum atomic E-state index is 2.38. The van der Waals surface area contributed by atoms with Gasteiger partial charge in [0.05, 0.1) is 11.4 Å². The third-order valence-electron chi connectivity index (χ3n) is 19.4. The van der Waals surface area contributed by atoms with Gasteiger partial charge in [-0.25, -0.2) is 0 Å². The van der Waals surface area contributed by atoms with E-state index in [9.17, 15) is 0 Å². The first-order valence-corrected chi connectivity index (χ1v) is 37.0. The Morgan fingerprint density at radius 1 is 0.189 bits per heavy atom. The predicted molar refractivity (Wildman–Crippen MR) is 460 cm³/mol. The van der Waals surface area contributed by atoms with Gasteiger partial charge >= 0.3 is 0 Å². The normalized spacial score (nSPS) is 11.3. The highest BCUT2D eigenvalue weighted by atomic mass is 15.2. The lowest BCUT2D eigenvalue weighted by Crippen LogP contribution is -2.13. The van der Waals surface area contributed by atoms with Gasteiger partial charge in [0.15, 0.2) is 0 Å². The minimum absolute atomic E-state index is 0.978. The van der Waals surface area contributed by atoms with E-state index in [2.05, 4.69) is 463 Å². The summed E-state index contributed by atoms with van der Waals surface area (Å²) in [4.78, 5) is 9.38. The van der Waals surface area contributed by atoms with Crippen molar-refractivity contribution in [2.45, 2.75) is 68.2 Å². The highest BCUT2D eigenvalue weighted by Gasteiger charge is 2.20. The molecule has 14 aromatic carbocycles. The zero-order valence-corrected chi connectivity index (χ0v) is 62.2. The van der Waals surface area contributed by atoms with Gasteiger partial charge in [-0.15, -0.1) is 0 Å². The number of anilines is 12. The molecule has 0 N–H and O–H groups in total. The van der Waals surface area contributed by atoms with E-state index in [4.69, 9.17) is 0 Å². The zero-order valence-electron chi connectivity index (χ0n) is 62.2. The highest BCUT2D eigenvalue weighted by Crippen LogP contribution is 2.43. The number of benzene rings is 14. The minimum Gasteiger partial charge on any atom is -0.311 e. The second-order valence-corrected chi connectivity index (χ2v) is 27.2. The first-order chi connectivity index (χ1) is 51.9. The topological polar surface area (TPSA) is 13.0 Å². The fourth-order valence-corrected chi connectivity index (χ4v) is 13.5. The molecule has 0 fully saturated rings. The Labute approximate surface area is 629 Å². The van der Waals surface area contributed by atoms with Crippen LogP contribution in [-0.4, -0.2) is 0 Å². The molecule has 0 saturated carbocycles. The van der Waals surface area contributed by atoms with Crippen LogP contribution in [-0.2, 0) is 12.8 Å². The molecule has 0 aliphatic rings. The van der Waals surface area contributed by atoms with Gasteiger partial charge < -0.3 is 19.6 Å². The van der Waals surface area contributed by atoms with Crippen molar-refractivity contribution in [3.63, 3.8) is 0 Å². The lowest BCUT2D eigenvalue weighted by Gasteiger charge is -2.29. The van der Waals surface area contributed by atoms with Crippen LogP contribution in [0.25, 0.3) is 48.6 Å². The van der Waals surface area contributed by atoms with Crippen LogP contribution in [0.1, 0.15) is 103 Å². The molecule has 0 saturated heterocycles. The van der Waals surface area contributed by atoms with E-state index in [-0.39, 0.29) is 0 Å². The van der Waals surface area contributed by atoms with Crippen molar-refractivity contribution >= 4 is 117 Å². The Balaban J connectivity index is 0.000000188. The maximum Gasteiger partial charge on any atom is 0.0522 e. The average Bonchev–Trinajstić information content (AvgIpc) is 0.813. The molecule has 0 unspecified atom stereocenters. The molecule has 4 heteroatoms. The molecule has 520 valence electrons. The van der Waals surface area contributed by atoms with Crippen LogP contribution in [0.5, 0.6) is 0 Å². The second kappa shape index (κ2) is 34.5. The highest BCUT2D eigenvalue weighted by molar-refractivity contribution is 5.86. The number of rotatable bonds is 22. The van der Waals surface area contributed by atoms with Gasteiger partial charge in [0.2, 0.25) is 0 Å². The van der Waals surface area contributed by atoms with E-state index in [0.717, 1.165) is 80.8 Å². The quantitative estimate of drug-likeness (QED) is 0.0627. The van der Waals surface area contributed by atoms with Crippen molar-refractivity contribution in [1.82, 2.24) is 0 Å². The molecule has 106 heavy (non-hydrogen) atoms. The smallest absolute Gasteiger partial charge is 0.0522 e. The number of aryl methyl sites for hydroxylation is 8. The molecule has 0 heterocycles. The van der Waals surface area contributed by atoms with Gasteiger partial charge in [0.25, 0.3) is 0 Å². The lowest BCUT2D eigenvalue weighted by molar-refractivity contribution is 1.10. The molecule has 14 rings (SSSR count). The van der Waals surface area contributed by atoms with E-state index in [1.165, 1.54) is 89.3 Å². The molecule has 0 bridgehead atoms. The predicted octanol–water partition coefficient (Wildman–Crippen LogP) is 28.9. The molecular weight excluding hydrogens is 1280 g/mol. The molecule has 0 amide bonds. The third kappa shape index (κ3) is 17.8. The van der Waals surface area contributed by atoms with Crippen molar-refractivity contribution in [3.8, 4) is 0 Å². The average molecular weight is 1370 g/mol. The molecule has 0 aromatic heterocycles. The van der Waals surface area contributed by atoms with Gasteiger partial charge in [-0.1, -0.05) is 303 Å². The van der Waals surface area contributed by atoms with E-state index >= 15 is 0 Å². The minimum atomic E-state index is 0.978. The summed E-state index contributed by atoms with van der Waals surface area (Å²) in [6, 6.07) is 122. The number of hydrogen-bond acceptors (Lipinski definition) is 4. The summed E-state index contributed by atoms with van der Waals surface area (Å²) in [7, 11) is 0. The van der Waals surface area contributed by atoms with Crippen molar-refractivity contribution < 1.29 is 0 Å². The van der Waals surface area contributed by atoms with E-state index in [0.29, 0.717) is 0 Å². The number of para-hydroxylation sites is 4. The Morgan fingerprint density at radius 2 is 0.396 bits per heavy atom.